The molecule has 1 saturated carbocycles. The van der Waals surface area contributed by atoms with E-state index in [-0.39, 0.29) is 0 Å². The first-order chi connectivity index (χ1) is 8.24. The molecule has 0 radical (unpaired) electrons. The largest absolute Gasteiger partial charge is 0.339 e. The maximum absolute atomic E-state index is 6.54. The Hall–Kier alpha value is -0.940. The van der Waals surface area contributed by atoms with Crippen LogP contribution in [0.2, 0.25) is 0 Å². The molecule has 2 aliphatic rings. The van der Waals surface area contributed by atoms with E-state index in [9.17, 15) is 0 Å². The second kappa shape index (κ2) is 4.07. The van der Waals surface area contributed by atoms with Crippen molar-refractivity contribution >= 4 is 0 Å². The molecule has 0 spiro atoms. The van der Waals surface area contributed by atoms with Gasteiger partial charge in [0.15, 0.2) is 5.82 Å². The monoisotopic (exact) mass is 236 g/mol. The standard InChI is InChI=1S/C12H20N4O/c1-2-9-7-14-6-5-12(9,13)11-15-10(17-16-11)8-3-4-8/h8-9,14H,2-7,13H2,1H3. The Bertz CT molecular complexity index is 401. The first kappa shape index (κ1) is 11.2. The molecule has 94 valence electrons. The highest BCUT2D eigenvalue weighted by atomic mass is 16.5. The highest BCUT2D eigenvalue weighted by Gasteiger charge is 2.42. The summed E-state index contributed by atoms with van der Waals surface area (Å²) in [6, 6.07) is 0. The molecule has 5 heteroatoms. The molecular formula is C12H20N4O. The topological polar surface area (TPSA) is 77.0 Å². The van der Waals surface area contributed by atoms with Crippen LogP contribution in [0.25, 0.3) is 0 Å². The Labute approximate surface area is 101 Å². The Balaban J connectivity index is 1.87. The molecule has 1 aliphatic carbocycles. The van der Waals surface area contributed by atoms with E-state index in [4.69, 9.17) is 10.3 Å². The summed E-state index contributed by atoms with van der Waals surface area (Å²) >= 11 is 0. The first-order valence-corrected chi connectivity index (χ1v) is 6.57. The van der Waals surface area contributed by atoms with Gasteiger partial charge in [-0.15, -0.1) is 0 Å². The third kappa shape index (κ3) is 1.87. The van der Waals surface area contributed by atoms with E-state index >= 15 is 0 Å². The SMILES string of the molecule is CCC1CNCCC1(N)c1noc(C2CC2)n1. The van der Waals surface area contributed by atoms with E-state index in [1.165, 1.54) is 12.8 Å². The summed E-state index contributed by atoms with van der Waals surface area (Å²) in [5.74, 6) is 2.40. The van der Waals surface area contributed by atoms with Crippen molar-refractivity contribution < 1.29 is 4.52 Å². The molecule has 1 aromatic rings. The molecule has 2 atom stereocenters. The zero-order chi connectivity index (χ0) is 11.9. The number of piperidine rings is 1. The molecule has 1 aromatic heterocycles. The van der Waals surface area contributed by atoms with E-state index in [0.29, 0.717) is 17.7 Å². The number of hydrogen-bond donors (Lipinski definition) is 2. The maximum Gasteiger partial charge on any atom is 0.229 e. The fourth-order valence-electron chi connectivity index (χ4n) is 2.68. The lowest BCUT2D eigenvalue weighted by atomic mass is 9.77. The van der Waals surface area contributed by atoms with Crippen LogP contribution in [0.3, 0.4) is 0 Å². The third-order valence-corrected chi connectivity index (χ3v) is 4.11. The van der Waals surface area contributed by atoms with E-state index in [1.54, 1.807) is 0 Å². The van der Waals surface area contributed by atoms with Crippen LogP contribution in [-0.2, 0) is 5.54 Å². The zero-order valence-electron chi connectivity index (χ0n) is 10.3. The lowest BCUT2D eigenvalue weighted by Crippen LogP contribution is -2.54. The molecule has 3 N–H and O–H groups in total. The average molecular weight is 236 g/mol. The van der Waals surface area contributed by atoms with Gasteiger partial charge in [0.1, 0.15) is 0 Å². The summed E-state index contributed by atoms with van der Waals surface area (Å²) in [5, 5.41) is 7.52. The molecule has 2 unspecified atom stereocenters. The highest BCUT2D eigenvalue weighted by Crippen LogP contribution is 2.40. The van der Waals surface area contributed by atoms with E-state index in [2.05, 4.69) is 22.4 Å². The molecule has 0 amide bonds. The van der Waals surface area contributed by atoms with Crippen LogP contribution in [-0.4, -0.2) is 23.2 Å². The summed E-state index contributed by atoms with van der Waals surface area (Å²) < 4.78 is 5.34. The van der Waals surface area contributed by atoms with Crippen molar-refractivity contribution in [1.82, 2.24) is 15.5 Å². The van der Waals surface area contributed by atoms with Gasteiger partial charge in [0.25, 0.3) is 0 Å². The van der Waals surface area contributed by atoms with Crippen molar-refractivity contribution in [2.24, 2.45) is 11.7 Å². The predicted molar refractivity (Wildman–Crippen MR) is 63.4 cm³/mol. The van der Waals surface area contributed by atoms with Crippen molar-refractivity contribution in [3.05, 3.63) is 11.7 Å². The van der Waals surface area contributed by atoms with Gasteiger partial charge in [-0.1, -0.05) is 12.1 Å². The molecule has 1 saturated heterocycles. The van der Waals surface area contributed by atoms with E-state index in [1.807, 2.05) is 0 Å². The fourth-order valence-corrected chi connectivity index (χ4v) is 2.68. The molecule has 3 rings (SSSR count). The number of nitrogens with two attached hydrogens (primary N) is 1. The minimum absolute atomic E-state index is 0.390. The third-order valence-electron chi connectivity index (χ3n) is 4.11. The smallest absolute Gasteiger partial charge is 0.229 e. The summed E-state index contributed by atoms with van der Waals surface area (Å²) in [4.78, 5) is 4.54. The minimum Gasteiger partial charge on any atom is -0.339 e. The molecule has 0 bridgehead atoms. The number of nitrogens with one attached hydrogen (secondary N) is 1. The Morgan fingerprint density at radius 1 is 1.53 bits per heavy atom. The van der Waals surface area contributed by atoms with Crippen molar-refractivity contribution in [3.8, 4) is 0 Å². The van der Waals surface area contributed by atoms with Crippen LogP contribution in [0, 0.1) is 5.92 Å². The van der Waals surface area contributed by atoms with Gasteiger partial charge in [-0.2, -0.15) is 4.98 Å². The highest BCUT2D eigenvalue weighted by molar-refractivity contribution is 5.12. The van der Waals surface area contributed by atoms with Gasteiger partial charge in [0.05, 0.1) is 5.54 Å². The molecule has 2 heterocycles. The van der Waals surface area contributed by atoms with Gasteiger partial charge in [-0.25, -0.2) is 0 Å². The number of rotatable bonds is 3. The van der Waals surface area contributed by atoms with Gasteiger partial charge in [0.2, 0.25) is 5.89 Å². The van der Waals surface area contributed by atoms with Crippen molar-refractivity contribution in [3.63, 3.8) is 0 Å². The lowest BCUT2D eigenvalue weighted by Gasteiger charge is -2.38. The number of aromatic nitrogens is 2. The summed E-state index contributed by atoms with van der Waals surface area (Å²) in [5.41, 5.74) is 6.14. The molecule has 2 fully saturated rings. The van der Waals surface area contributed by atoms with E-state index in [0.717, 1.165) is 31.8 Å². The first-order valence-electron chi connectivity index (χ1n) is 6.57. The summed E-state index contributed by atoms with van der Waals surface area (Å²) in [7, 11) is 0. The summed E-state index contributed by atoms with van der Waals surface area (Å²) in [6.07, 6.45) is 4.28. The lowest BCUT2D eigenvalue weighted by molar-refractivity contribution is 0.184. The summed E-state index contributed by atoms with van der Waals surface area (Å²) in [6.45, 7) is 4.04. The van der Waals surface area contributed by atoms with Crippen LogP contribution < -0.4 is 11.1 Å². The predicted octanol–water partition coefficient (Wildman–Crippen LogP) is 1.12. The van der Waals surface area contributed by atoms with Gasteiger partial charge in [0, 0.05) is 12.5 Å². The van der Waals surface area contributed by atoms with Crippen LogP contribution in [0.15, 0.2) is 4.52 Å². The minimum atomic E-state index is -0.406. The molecule has 0 aromatic carbocycles. The second-order valence-corrected chi connectivity index (χ2v) is 5.33. The number of hydrogen-bond acceptors (Lipinski definition) is 5. The van der Waals surface area contributed by atoms with Gasteiger partial charge >= 0.3 is 0 Å². The van der Waals surface area contributed by atoms with Crippen LogP contribution >= 0.6 is 0 Å². The van der Waals surface area contributed by atoms with Crippen LogP contribution in [0.1, 0.15) is 50.2 Å². The molecular weight excluding hydrogens is 216 g/mol. The molecule has 1 aliphatic heterocycles. The van der Waals surface area contributed by atoms with Crippen molar-refractivity contribution in [2.75, 3.05) is 13.1 Å². The van der Waals surface area contributed by atoms with Crippen molar-refractivity contribution in [2.45, 2.75) is 44.1 Å². The molecule has 17 heavy (non-hydrogen) atoms. The maximum atomic E-state index is 6.54. The van der Waals surface area contributed by atoms with Crippen LogP contribution in [0.5, 0.6) is 0 Å². The van der Waals surface area contributed by atoms with Gasteiger partial charge < -0.3 is 15.6 Å². The normalized spacial score (nSPS) is 33.9. The van der Waals surface area contributed by atoms with Crippen LogP contribution in [0.4, 0.5) is 0 Å². The second-order valence-electron chi connectivity index (χ2n) is 5.33. The Morgan fingerprint density at radius 2 is 2.35 bits per heavy atom. The van der Waals surface area contributed by atoms with Gasteiger partial charge in [-0.05, 0) is 38.1 Å². The average Bonchev–Trinajstić information content (AvgIpc) is 3.07. The Kier molecular flexibility index (Phi) is 2.67. The zero-order valence-corrected chi connectivity index (χ0v) is 10.3. The fraction of sp³-hybridized carbons (Fsp3) is 0.833. The van der Waals surface area contributed by atoms with Gasteiger partial charge in [-0.3, -0.25) is 0 Å². The molecule has 5 nitrogen and oxygen atoms in total. The number of nitrogens with zero attached hydrogens (tertiary/aromatic N) is 2. The quantitative estimate of drug-likeness (QED) is 0.822. The Morgan fingerprint density at radius 3 is 3.06 bits per heavy atom. The van der Waals surface area contributed by atoms with E-state index < -0.39 is 5.54 Å². The van der Waals surface area contributed by atoms with Crippen molar-refractivity contribution in [1.29, 1.82) is 0 Å².